The maximum atomic E-state index is 12.3. The molecule has 0 bridgehead atoms. The molecule has 7 nitrogen and oxygen atoms in total. The highest BCUT2D eigenvalue weighted by molar-refractivity contribution is 6.03. The minimum Gasteiger partial charge on any atom is -0.486 e. The number of anilines is 1. The lowest BCUT2D eigenvalue weighted by Gasteiger charge is -2.18. The van der Waals surface area contributed by atoms with Crippen molar-refractivity contribution in [3.63, 3.8) is 0 Å². The first-order chi connectivity index (χ1) is 10.8. The topological polar surface area (TPSA) is 77.8 Å². The summed E-state index contributed by atoms with van der Waals surface area (Å²) in [6.45, 7) is 1.04. The first-order valence-corrected chi connectivity index (χ1v) is 6.81. The van der Waals surface area contributed by atoms with Gasteiger partial charge in [-0.3, -0.25) is 4.79 Å². The first kappa shape index (κ1) is 12.6. The number of benzene rings is 1. The van der Waals surface area contributed by atoms with Gasteiger partial charge >= 0.3 is 0 Å². The number of amides is 1. The second-order valence-electron chi connectivity index (χ2n) is 4.76. The zero-order chi connectivity index (χ0) is 14.9. The first-order valence-electron chi connectivity index (χ1n) is 6.81. The Bertz CT molecular complexity index is 826. The van der Waals surface area contributed by atoms with Gasteiger partial charge in [-0.05, 0) is 18.2 Å². The molecule has 0 unspecified atom stereocenters. The Labute approximate surface area is 125 Å². The minimum atomic E-state index is -0.304. The molecule has 3 heterocycles. The lowest BCUT2D eigenvalue weighted by molar-refractivity contribution is 0.102. The Morgan fingerprint density at radius 1 is 1.18 bits per heavy atom. The van der Waals surface area contributed by atoms with Crippen LogP contribution in [0.5, 0.6) is 11.5 Å². The molecule has 0 saturated heterocycles. The third-order valence-corrected chi connectivity index (χ3v) is 3.27. The molecule has 0 spiro atoms. The lowest BCUT2D eigenvalue weighted by atomic mass is 10.2. The van der Waals surface area contributed by atoms with Crippen LogP contribution in [0.3, 0.4) is 0 Å². The van der Waals surface area contributed by atoms with Crippen molar-refractivity contribution < 1.29 is 14.3 Å². The molecule has 1 aliphatic heterocycles. The molecule has 1 N–H and O–H groups in total. The van der Waals surface area contributed by atoms with Crippen molar-refractivity contribution in [2.45, 2.75) is 0 Å². The van der Waals surface area contributed by atoms with Crippen LogP contribution in [-0.2, 0) is 0 Å². The molecule has 0 atom stereocenters. The molecule has 110 valence electrons. The van der Waals surface area contributed by atoms with Crippen LogP contribution >= 0.6 is 0 Å². The molecular weight excluding hydrogens is 284 g/mol. The van der Waals surface area contributed by atoms with E-state index in [4.69, 9.17) is 9.47 Å². The number of fused-ring (bicyclic) bond motifs is 2. The van der Waals surface area contributed by atoms with E-state index in [2.05, 4.69) is 15.4 Å². The second-order valence-corrected chi connectivity index (χ2v) is 4.76. The molecule has 4 rings (SSSR count). The van der Waals surface area contributed by atoms with Crippen molar-refractivity contribution in [3.05, 3.63) is 48.4 Å². The van der Waals surface area contributed by atoms with E-state index in [-0.39, 0.29) is 5.91 Å². The monoisotopic (exact) mass is 296 g/mol. The van der Waals surface area contributed by atoms with Crippen LogP contribution < -0.4 is 14.8 Å². The van der Waals surface area contributed by atoms with Gasteiger partial charge in [-0.15, -0.1) is 0 Å². The number of hydrogen-bond acceptors (Lipinski definition) is 5. The molecule has 7 heteroatoms. The van der Waals surface area contributed by atoms with Crippen LogP contribution in [0, 0.1) is 0 Å². The molecule has 0 radical (unpaired) electrons. The Morgan fingerprint density at radius 3 is 2.91 bits per heavy atom. The number of nitrogens with one attached hydrogen (secondary N) is 1. The van der Waals surface area contributed by atoms with Crippen molar-refractivity contribution >= 4 is 17.2 Å². The summed E-state index contributed by atoms with van der Waals surface area (Å²) in [5.74, 6) is 1.00. The van der Waals surface area contributed by atoms with Crippen molar-refractivity contribution in [2.24, 2.45) is 0 Å². The van der Waals surface area contributed by atoms with Gasteiger partial charge in [0.2, 0.25) is 0 Å². The summed E-state index contributed by atoms with van der Waals surface area (Å²) in [7, 11) is 0. The third-order valence-electron chi connectivity index (χ3n) is 3.27. The van der Waals surface area contributed by atoms with Gasteiger partial charge < -0.3 is 14.8 Å². The van der Waals surface area contributed by atoms with E-state index >= 15 is 0 Å². The van der Waals surface area contributed by atoms with Gasteiger partial charge in [-0.2, -0.15) is 5.10 Å². The average molecular weight is 296 g/mol. The van der Waals surface area contributed by atoms with Crippen LogP contribution in [0.1, 0.15) is 10.5 Å². The quantitative estimate of drug-likeness (QED) is 0.779. The van der Waals surface area contributed by atoms with Crippen molar-refractivity contribution in [3.8, 4) is 11.5 Å². The van der Waals surface area contributed by atoms with E-state index in [1.54, 1.807) is 47.2 Å². The number of rotatable bonds is 2. The molecule has 0 aliphatic carbocycles. The number of carbonyl (C=O) groups is 1. The average Bonchev–Trinajstić information content (AvgIpc) is 2.99. The van der Waals surface area contributed by atoms with E-state index < -0.39 is 0 Å². The zero-order valence-electron chi connectivity index (χ0n) is 11.5. The zero-order valence-corrected chi connectivity index (χ0v) is 11.5. The fourth-order valence-corrected chi connectivity index (χ4v) is 2.26. The highest BCUT2D eigenvalue weighted by atomic mass is 16.6. The van der Waals surface area contributed by atoms with Crippen molar-refractivity contribution in [1.82, 2.24) is 14.6 Å². The second kappa shape index (κ2) is 5.03. The Hall–Kier alpha value is -3.09. The fourth-order valence-electron chi connectivity index (χ4n) is 2.26. The lowest BCUT2D eigenvalue weighted by Crippen LogP contribution is -2.16. The summed E-state index contributed by atoms with van der Waals surface area (Å²) in [6, 6.07) is 8.66. The van der Waals surface area contributed by atoms with Crippen molar-refractivity contribution in [1.29, 1.82) is 0 Å². The van der Waals surface area contributed by atoms with Crippen molar-refractivity contribution in [2.75, 3.05) is 18.5 Å². The van der Waals surface area contributed by atoms with Gasteiger partial charge in [0.05, 0.1) is 0 Å². The molecule has 22 heavy (non-hydrogen) atoms. The number of nitrogens with zero attached hydrogens (tertiary/aromatic N) is 3. The Morgan fingerprint density at radius 2 is 2.05 bits per heavy atom. The predicted octanol–water partition coefficient (Wildman–Crippen LogP) is 1.75. The third kappa shape index (κ3) is 2.22. The van der Waals surface area contributed by atoms with E-state index in [0.29, 0.717) is 41.7 Å². The highest BCUT2D eigenvalue weighted by Gasteiger charge is 2.15. The Kier molecular flexibility index (Phi) is 2.89. The van der Waals surface area contributed by atoms with Gasteiger partial charge in [0.15, 0.2) is 22.8 Å². The summed E-state index contributed by atoms with van der Waals surface area (Å²) in [5.41, 5.74) is 1.54. The number of aromatic nitrogens is 3. The standard InChI is InChI=1S/C15H12N4O3/c20-15(11-9-14-16-4-1-5-19(14)18-11)17-10-2-3-12-13(8-10)22-7-6-21-12/h1-5,8-9H,6-7H2,(H,17,20). The predicted molar refractivity (Wildman–Crippen MR) is 78.4 cm³/mol. The fraction of sp³-hybridized carbons (Fsp3) is 0.133. The van der Waals surface area contributed by atoms with E-state index in [1.807, 2.05) is 0 Å². The summed E-state index contributed by atoms with van der Waals surface area (Å²) >= 11 is 0. The Balaban J connectivity index is 1.58. The maximum absolute atomic E-state index is 12.3. The van der Waals surface area contributed by atoms with Crippen LogP contribution in [0.15, 0.2) is 42.7 Å². The number of hydrogen-bond donors (Lipinski definition) is 1. The molecular formula is C15H12N4O3. The molecule has 1 amide bonds. The maximum Gasteiger partial charge on any atom is 0.276 e. The summed E-state index contributed by atoms with van der Waals surface area (Å²) in [6.07, 6.45) is 3.39. The van der Waals surface area contributed by atoms with Gasteiger partial charge in [-0.1, -0.05) is 0 Å². The van der Waals surface area contributed by atoms with Gasteiger partial charge in [0.1, 0.15) is 13.2 Å². The van der Waals surface area contributed by atoms with Gasteiger partial charge in [-0.25, -0.2) is 9.50 Å². The molecule has 0 saturated carbocycles. The minimum absolute atomic E-state index is 0.300. The number of ether oxygens (including phenoxy) is 2. The summed E-state index contributed by atoms with van der Waals surface area (Å²) in [5, 5.41) is 6.97. The molecule has 0 fully saturated rings. The molecule has 1 aromatic carbocycles. The van der Waals surface area contributed by atoms with E-state index in [9.17, 15) is 4.79 Å². The molecule has 3 aromatic rings. The SMILES string of the molecule is O=C(Nc1ccc2c(c1)OCCO2)c1cc2ncccn2n1. The van der Waals surface area contributed by atoms with Crippen LogP contribution in [0.25, 0.3) is 5.65 Å². The summed E-state index contributed by atoms with van der Waals surface area (Å²) < 4.78 is 12.5. The largest absolute Gasteiger partial charge is 0.486 e. The van der Waals surface area contributed by atoms with Gasteiger partial charge in [0.25, 0.3) is 5.91 Å². The van der Waals surface area contributed by atoms with Crippen LogP contribution in [0.4, 0.5) is 5.69 Å². The highest BCUT2D eigenvalue weighted by Crippen LogP contribution is 2.32. The summed E-state index contributed by atoms with van der Waals surface area (Å²) in [4.78, 5) is 16.4. The number of carbonyl (C=O) groups excluding carboxylic acids is 1. The molecule has 2 aromatic heterocycles. The smallest absolute Gasteiger partial charge is 0.276 e. The van der Waals surface area contributed by atoms with Gasteiger partial charge in [0, 0.05) is 30.2 Å². The van der Waals surface area contributed by atoms with Crippen LogP contribution in [0.2, 0.25) is 0 Å². The van der Waals surface area contributed by atoms with E-state index in [0.717, 1.165) is 0 Å². The van der Waals surface area contributed by atoms with E-state index in [1.165, 1.54) is 0 Å². The normalized spacial score (nSPS) is 13.1. The van der Waals surface area contributed by atoms with Crippen LogP contribution in [-0.4, -0.2) is 33.7 Å². The molecule has 1 aliphatic rings.